The van der Waals surface area contributed by atoms with Crippen molar-refractivity contribution in [3.05, 3.63) is 47.1 Å². The van der Waals surface area contributed by atoms with Crippen LogP contribution in [0.1, 0.15) is 55.1 Å². The molecule has 0 radical (unpaired) electrons. The quantitative estimate of drug-likeness (QED) is 0.609. The van der Waals surface area contributed by atoms with Gasteiger partial charge in [0.2, 0.25) is 11.8 Å². The predicted molar refractivity (Wildman–Crippen MR) is 109 cm³/mol. The summed E-state index contributed by atoms with van der Waals surface area (Å²) < 4.78 is 51.8. The minimum Gasteiger partial charge on any atom is -0.480 e. The molecule has 1 fully saturated rings. The summed E-state index contributed by atoms with van der Waals surface area (Å²) in [6.45, 7) is 4.07. The van der Waals surface area contributed by atoms with Crippen molar-refractivity contribution in [2.24, 2.45) is 0 Å². The molecule has 1 aliphatic carbocycles. The highest BCUT2D eigenvalue weighted by Gasteiger charge is 2.42. The molecule has 0 saturated heterocycles. The van der Waals surface area contributed by atoms with Gasteiger partial charge in [-0.3, -0.25) is 9.53 Å². The maximum absolute atomic E-state index is 12.5. The number of hydrogen-bond donors (Lipinski definition) is 2. The lowest BCUT2D eigenvalue weighted by atomic mass is 9.82. The Hall–Kier alpha value is -2.63. The van der Waals surface area contributed by atoms with E-state index >= 15 is 0 Å². The Morgan fingerprint density at radius 2 is 2.06 bits per heavy atom. The number of ether oxygens (including phenoxy) is 2. The summed E-state index contributed by atoms with van der Waals surface area (Å²) >= 11 is 5.93. The maximum Gasteiger partial charge on any atom is 0.522 e. The van der Waals surface area contributed by atoms with Crippen LogP contribution < -0.4 is 10.1 Å². The first-order chi connectivity index (χ1) is 15.6. The molecule has 2 aromatic rings. The van der Waals surface area contributed by atoms with E-state index in [9.17, 15) is 23.1 Å². The molecular formula is C21H21ClF3N3O5. The SMILES string of the molecule is C=C(CCNC(=O)[C@@H]1C[C@@H](O)c2cc(Cl)ccc2O1)c1nnc(C2CC(OC(F)(F)F)C2)o1. The molecule has 1 aromatic heterocycles. The molecule has 4 rings (SSSR count). The van der Waals surface area contributed by atoms with E-state index in [0.717, 1.165) is 0 Å². The number of aliphatic hydroxyl groups is 1. The van der Waals surface area contributed by atoms with E-state index in [0.29, 0.717) is 28.3 Å². The van der Waals surface area contributed by atoms with Crippen molar-refractivity contribution in [1.82, 2.24) is 15.5 Å². The Morgan fingerprint density at radius 1 is 1.30 bits per heavy atom. The number of halogens is 4. The summed E-state index contributed by atoms with van der Waals surface area (Å²) in [7, 11) is 0. The van der Waals surface area contributed by atoms with E-state index in [1.54, 1.807) is 18.2 Å². The van der Waals surface area contributed by atoms with Crippen LogP contribution in [-0.2, 0) is 9.53 Å². The van der Waals surface area contributed by atoms with Crippen molar-refractivity contribution in [2.75, 3.05) is 6.54 Å². The molecule has 2 heterocycles. The number of aliphatic hydroxyl groups excluding tert-OH is 1. The molecule has 8 nitrogen and oxygen atoms in total. The molecule has 0 bridgehead atoms. The van der Waals surface area contributed by atoms with Crippen LogP contribution in [0, 0.1) is 0 Å². The highest BCUT2D eigenvalue weighted by Crippen LogP contribution is 2.41. The van der Waals surface area contributed by atoms with Gasteiger partial charge in [0.15, 0.2) is 6.10 Å². The maximum atomic E-state index is 12.5. The highest BCUT2D eigenvalue weighted by atomic mass is 35.5. The first-order valence-electron chi connectivity index (χ1n) is 10.3. The molecule has 1 amide bonds. The van der Waals surface area contributed by atoms with Crippen LogP contribution in [0.5, 0.6) is 5.75 Å². The Balaban J connectivity index is 1.22. The summed E-state index contributed by atoms with van der Waals surface area (Å²) in [5.74, 6) is 0.118. The van der Waals surface area contributed by atoms with Crippen LogP contribution >= 0.6 is 11.6 Å². The van der Waals surface area contributed by atoms with Crippen molar-refractivity contribution in [3.8, 4) is 5.75 Å². The second-order valence-corrected chi connectivity index (χ2v) is 8.42. The van der Waals surface area contributed by atoms with Gasteiger partial charge in [0.05, 0.1) is 12.2 Å². The number of hydrogen-bond acceptors (Lipinski definition) is 7. The smallest absolute Gasteiger partial charge is 0.480 e. The van der Waals surface area contributed by atoms with Gasteiger partial charge in [-0.05, 0) is 37.5 Å². The Bertz CT molecular complexity index is 1040. The van der Waals surface area contributed by atoms with Crippen LogP contribution in [0.4, 0.5) is 13.2 Å². The molecule has 1 saturated carbocycles. The molecule has 0 unspecified atom stereocenters. The van der Waals surface area contributed by atoms with Gasteiger partial charge in [-0.2, -0.15) is 0 Å². The zero-order valence-corrected chi connectivity index (χ0v) is 18.0. The lowest BCUT2D eigenvalue weighted by Crippen LogP contribution is -2.41. The molecule has 2 atom stereocenters. The van der Waals surface area contributed by atoms with Gasteiger partial charge >= 0.3 is 6.36 Å². The van der Waals surface area contributed by atoms with E-state index in [1.165, 1.54) is 0 Å². The first-order valence-corrected chi connectivity index (χ1v) is 10.6. The summed E-state index contributed by atoms with van der Waals surface area (Å²) in [4.78, 5) is 12.5. The minimum absolute atomic E-state index is 0.0909. The van der Waals surface area contributed by atoms with E-state index in [2.05, 4.69) is 26.8 Å². The minimum atomic E-state index is -4.66. The predicted octanol–water partition coefficient (Wildman–Crippen LogP) is 3.91. The summed E-state index contributed by atoms with van der Waals surface area (Å²) in [6.07, 6.45) is -6.62. The van der Waals surface area contributed by atoms with Gasteiger partial charge in [-0.1, -0.05) is 18.2 Å². The number of rotatable bonds is 7. The molecule has 33 heavy (non-hydrogen) atoms. The third-order valence-electron chi connectivity index (χ3n) is 5.54. The molecule has 2 aliphatic rings. The molecule has 2 N–H and O–H groups in total. The highest BCUT2D eigenvalue weighted by molar-refractivity contribution is 6.30. The van der Waals surface area contributed by atoms with Crippen LogP contribution in [-0.4, -0.2) is 46.3 Å². The van der Waals surface area contributed by atoms with Crippen molar-refractivity contribution in [1.29, 1.82) is 0 Å². The number of nitrogens with zero attached hydrogens (tertiary/aromatic N) is 2. The van der Waals surface area contributed by atoms with Gasteiger partial charge in [0.25, 0.3) is 5.91 Å². The monoisotopic (exact) mass is 487 g/mol. The van der Waals surface area contributed by atoms with Crippen molar-refractivity contribution < 1.29 is 37.0 Å². The fourth-order valence-corrected chi connectivity index (χ4v) is 3.91. The lowest BCUT2D eigenvalue weighted by Gasteiger charge is -2.32. The van der Waals surface area contributed by atoms with E-state index < -0.39 is 24.7 Å². The molecule has 178 valence electrons. The van der Waals surface area contributed by atoms with Gasteiger partial charge in [-0.15, -0.1) is 23.4 Å². The topological polar surface area (TPSA) is 107 Å². The van der Waals surface area contributed by atoms with Gasteiger partial charge < -0.3 is 19.6 Å². The average Bonchev–Trinajstić information content (AvgIpc) is 3.19. The summed E-state index contributed by atoms with van der Waals surface area (Å²) in [6, 6.07) is 4.82. The number of alkyl halides is 3. The van der Waals surface area contributed by atoms with Crippen LogP contribution in [0.15, 0.2) is 29.2 Å². The third kappa shape index (κ3) is 5.66. The molecule has 0 spiro atoms. The van der Waals surface area contributed by atoms with Crippen molar-refractivity contribution in [2.45, 2.75) is 56.3 Å². The number of carbonyl (C=O) groups is 1. The normalized spacial score (nSPS) is 24.4. The van der Waals surface area contributed by atoms with Crippen LogP contribution in [0.2, 0.25) is 5.02 Å². The number of aromatic nitrogens is 2. The Labute approximate surface area is 191 Å². The molecular weight excluding hydrogens is 467 g/mol. The fourth-order valence-electron chi connectivity index (χ4n) is 3.73. The molecule has 1 aromatic carbocycles. The summed E-state index contributed by atoms with van der Waals surface area (Å²) in [5, 5.41) is 21.2. The fraction of sp³-hybridized carbons (Fsp3) is 0.476. The Morgan fingerprint density at radius 3 is 2.79 bits per heavy atom. The second kappa shape index (κ2) is 9.32. The van der Waals surface area contributed by atoms with Gasteiger partial charge in [0.1, 0.15) is 5.75 Å². The number of nitrogens with one attached hydrogen (secondary N) is 1. The molecule has 1 aliphatic heterocycles. The second-order valence-electron chi connectivity index (χ2n) is 7.98. The van der Waals surface area contributed by atoms with Crippen molar-refractivity contribution >= 4 is 23.1 Å². The zero-order valence-electron chi connectivity index (χ0n) is 17.3. The van der Waals surface area contributed by atoms with Crippen LogP contribution in [0.3, 0.4) is 0 Å². The zero-order chi connectivity index (χ0) is 23.8. The largest absolute Gasteiger partial charge is 0.522 e. The van der Waals surface area contributed by atoms with E-state index in [1.807, 2.05) is 0 Å². The lowest BCUT2D eigenvalue weighted by molar-refractivity contribution is -0.352. The number of fused-ring (bicyclic) bond motifs is 1. The summed E-state index contributed by atoms with van der Waals surface area (Å²) in [5.41, 5.74) is 1.01. The number of benzene rings is 1. The molecule has 12 heteroatoms. The first kappa shape index (κ1) is 23.5. The Kier molecular flexibility index (Phi) is 6.64. The number of amides is 1. The van der Waals surface area contributed by atoms with Gasteiger partial charge in [0, 0.05) is 35.0 Å². The van der Waals surface area contributed by atoms with Crippen LogP contribution in [0.25, 0.3) is 5.57 Å². The van der Waals surface area contributed by atoms with Crippen molar-refractivity contribution in [3.63, 3.8) is 0 Å². The average molecular weight is 488 g/mol. The number of carbonyl (C=O) groups excluding carboxylic acids is 1. The van der Waals surface area contributed by atoms with E-state index in [-0.39, 0.29) is 49.4 Å². The van der Waals surface area contributed by atoms with Gasteiger partial charge in [-0.25, -0.2) is 0 Å². The third-order valence-corrected chi connectivity index (χ3v) is 5.78. The standard InChI is InChI=1S/C21H21ClF3N3O5/c1-10(19-27-28-20(32-19)11-6-13(7-11)33-21(23,24)25)4-5-26-18(30)17-9-15(29)14-8-12(22)2-3-16(14)31-17/h2-3,8,11,13,15,17,29H,1,4-7,9H2,(H,26,30)/t11?,13?,15-,17+/m1/s1. The van der Waals surface area contributed by atoms with E-state index in [4.69, 9.17) is 20.8 Å².